The van der Waals surface area contributed by atoms with Gasteiger partial charge in [-0.25, -0.2) is 0 Å². The van der Waals surface area contributed by atoms with Crippen molar-refractivity contribution in [2.24, 2.45) is 23.7 Å². The van der Waals surface area contributed by atoms with Gasteiger partial charge in [0.15, 0.2) is 0 Å². The second kappa shape index (κ2) is 27.6. The van der Waals surface area contributed by atoms with Gasteiger partial charge in [0.1, 0.15) is 12.1 Å². The second-order valence-corrected chi connectivity index (χ2v) is 22.4. The molecular formula is C62H84N8O8. The maximum atomic E-state index is 15.0. The first-order chi connectivity index (χ1) is 37.7. The maximum absolute atomic E-state index is 15.0. The molecule has 6 amide bonds. The van der Waals surface area contributed by atoms with Gasteiger partial charge in [-0.05, 0) is 149 Å². The molecule has 420 valence electrons. The van der Waals surface area contributed by atoms with Crippen molar-refractivity contribution in [3.05, 3.63) is 119 Å². The molecule has 0 unspecified atom stereocenters. The van der Waals surface area contributed by atoms with Crippen LogP contribution in [0.4, 0.5) is 0 Å². The molecule has 4 N–H and O–H groups in total. The van der Waals surface area contributed by atoms with E-state index in [0.29, 0.717) is 115 Å². The summed E-state index contributed by atoms with van der Waals surface area (Å²) in [5.74, 6) is -0.884. The fraction of sp³-hybridized carbons (Fsp3) is 0.548. The Balaban J connectivity index is 1.03. The van der Waals surface area contributed by atoms with Crippen LogP contribution in [0.1, 0.15) is 98.1 Å². The van der Waals surface area contributed by atoms with Gasteiger partial charge < -0.3 is 50.3 Å². The van der Waals surface area contributed by atoms with E-state index < -0.39 is 24.2 Å². The van der Waals surface area contributed by atoms with Crippen LogP contribution in [0.5, 0.6) is 0 Å². The Bertz CT molecular complexity index is 2480. The van der Waals surface area contributed by atoms with Crippen molar-refractivity contribution in [2.45, 2.75) is 115 Å². The maximum Gasteiger partial charge on any atom is 0.253 e. The van der Waals surface area contributed by atoms with Gasteiger partial charge in [0.2, 0.25) is 23.6 Å². The topological polar surface area (TPSA) is 182 Å². The normalized spacial score (nSPS) is 21.6. The van der Waals surface area contributed by atoms with Gasteiger partial charge in [-0.15, -0.1) is 0 Å². The van der Waals surface area contributed by atoms with Crippen molar-refractivity contribution in [1.29, 1.82) is 0 Å². The van der Waals surface area contributed by atoms with Crippen molar-refractivity contribution >= 4 is 46.2 Å². The summed E-state index contributed by atoms with van der Waals surface area (Å²) >= 11 is 0. The molecule has 0 aliphatic carbocycles. The number of benzene rings is 4. The molecule has 0 saturated carbocycles. The molecule has 0 radical (unpaired) electrons. The number of likely N-dealkylation sites (N-methyl/N-ethyl adjacent to an activating group) is 2. The summed E-state index contributed by atoms with van der Waals surface area (Å²) in [4.78, 5) is 93.8. The number of nitrogens with one attached hydrogen (secondary N) is 4. The Kier molecular flexibility index (Phi) is 20.5. The number of rotatable bonds is 22. The lowest BCUT2D eigenvalue weighted by molar-refractivity contribution is -0.140. The highest BCUT2D eigenvalue weighted by Crippen LogP contribution is 2.32. The molecule has 4 saturated heterocycles. The highest BCUT2D eigenvalue weighted by Gasteiger charge is 2.44. The molecule has 4 aliphatic heterocycles. The molecule has 4 aromatic carbocycles. The third kappa shape index (κ3) is 14.3. The molecule has 16 nitrogen and oxygen atoms in total. The summed E-state index contributed by atoms with van der Waals surface area (Å²) in [6, 6.07) is 28.5. The highest BCUT2D eigenvalue weighted by molar-refractivity contribution is 6.02. The number of hydrogen-bond acceptors (Lipinski definition) is 10. The van der Waals surface area contributed by atoms with E-state index in [0.717, 1.165) is 34.7 Å². The number of carbonyl (C=O) groups excluding carboxylic acids is 6. The van der Waals surface area contributed by atoms with Gasteiger partial charge in [0, 0.05) is 76.8 Å². The average molecular weight is 1070 g/mol. The van der Waals surface area contributed by atoms with Crippen LogP contribution in [0.15, 0.2) is 97.1 Å². The summed E-state index contributed by atoms with van der Waals surface area (Å²) in [7, 11) is 3.45. The van der Waals surface area contributed by atoms with Crippen LogP contribution >= 0.6 is 0 Å². The molecule has 4 aromatic rings. The minimum Gasteiger partial charge on any atom is -0.381 e. The summed E-state index contributed by atoms with van der Waals surface area (Å²) in [6.07, 6.45) is 5.49. The van der Waals surface area contributed by atoms with Gasteiger partial charge in [0.25, 0.3) is 11.8 Å². The molecule has 16 heteroatoms. The largest absolute Gasteiger partial charge is 0.381 e. The molecule has 4 fully saturated rings. The van der Waals surface area contributed by atoms with Crippen molar-refractivity contribution in [1.82, 2.24) is 40.9 Å². The lowest BCUT2D eigenvalue weighted by Crippen LogP contribution is -2.58. The summed E-state index contributed by atoms with van der Waals surface area (Å²) < 4.78 is 11.3. The summed E-state index contributed by atoms with van der Waals surface area (Å²) in [5, 5.41) is 13.8. The van der Waals surface area contributed by atoms with Crippen molar-refractivity contribution in [2.75, 3.05) is 79.8 Å². The van der Waals surface area contributed by atoms with Gasteiger partial charge in [0.05, 0.1) is 24.2 Å². The van der Waals surface area contributed by atoms with Gasteiger partial charge in [-0.2, -0.15) is 0 Å². The first-order valence-electron chi connectivity index (χ1n) is 28.7. The molecular weight excluding hydrogens is 985 g/mol. The van der Waals surface area contributed by atoms with Crippen LogP contribution in [0.25, 0.3) is 10.8 Å². The fourth-order valence-electron chi connectivity index (χ4n) is 11.9. The third-order valence-electron chi connectivity index (χ3n) is 17.3. The fourth-order valence-corrected chi connectivity index (χ4v) is 11.9. The van der Waals surface area contributed by atoms with E-state index in [1.807, 2.05) is 92.4 Å². The molecule has 8 rings (SSSR count). The number of carbonyl (C=O) groups is 6. The Hall–Kier alpha value is -6.20. The number of fused-ring (bicyclic) bond motifs is 1. The van der Waals surface area contributed by atoms with E-state index in [4.69, 9.17) is 9.47 Å². The molecule has 4 aliphatic rings. The predicted octanol–water partition coefficient (Wildman–Crippen LogP) is 5.72. The molecule has 4 heterocycles. The SMILES string of the molecule is CN[C@@H](C)C(=O)N[C@H](C(=O)N1CC[C@H](C)[C@H]1CN(CCc1ccccc1)C(=O)c1ccc2cc(C(=O)N(CCc3ccccc3)C[C@H]3[C@@H](C)CCN3C(=O)[C@@H](NC(=O)[C@H](C)NC)C3CCOCC3)ccc2c1)C1CCOCC1. The first-order valence-corrected chi connectivity index (χ1v) is 28.7. The minimum absolute atomic E-state index is 0.0658. The Morgan fingerprint density at radius 2 is 0.910 bits per heavy atom. The van der Waals surface area contributed by atoms with Crippen LogP contribution in [0, 0.1) is 23.7 Å². The highest BCUT2D eigenvalue weighted by atomic mass is 16.5. The zero-order chi connectivity index (χ0) is 55.3. The van der Waals surface area contributed by atoms with E-state index in [-0.39, 0.29) is 71.2 Å². The van der Waals surface area contributed by atoms with Gasteiger partial charge in [-0.1, -0.05) is 86.6 Å². The van der Waals surface area contributed by atoms with Crippen molar-refractivity contribution in [3.8, 4) is 0 Å². The smallest absolute Gasteiger partial charge is 0.253 e. The number of nitrogens with zero attached hydrogens (tertiary/aromatic N) is 4. The number of likely N-dealkylation sites (tertiary alicyclic amines) is 2. The van der Waals surface area contributed by atoms with E-state index in [1.165, 1.54) is 0 Å². The molecule has 0 aromatic heterocycles. The van der Waals surface area contributed by atoms with Crippen LogP contribution < -0.4 is 21.3 Å². The third-order valence-corrected chi connectivity index (χ3v) is 17.3. The monoisotopic (exact) mass is 1070 g/mol. The molecule has 78 heavy (non-hydrogen) atoms. The lowest BCUT2D eigenvalue weighted by Gasteiger charge is -2.38. The Morgan fingerprint density at radius 3 is 1.27 bits per heavy atom. The van der Waals surface area contributed by atoms with E-state index in [9.17, 15) is 28.8 Å². The van der Waals surface area contributed by atoms with Crippen molar-refractivity contribution in [3.63, 3.8) is 0 Å². The van der Waals surface area contributed by atoms with Crippen LogP contribution in [-0.4, -0.2) is 171 Å². The standard InChI is InChI=1S/C62H84N8O8/c1-41-21-31-69(61(75)55(47-25-33-77-34-26-47)65-57(71)43(3)63-5)53(41)39-67(29-23-45-13-9-7-10-14-45)59(73)51-19-17-50-38-52(20-18-49(50)37-51)60(74)68(30-24-46-15-11-8-12-16-46)40-54-42(2)22-32-70(54)62(76)56(48-27-35-78-36-28-48)66-58(72)44(4)64-6/h7-20,37-38,41-44,47-48,53-56,63-64H,21-36,39-40H2,1-6H3,(H,65,71)(H,66,72)/t41-,42-,43-,44-,53-,54+,55-,56-/m0/s1. The number of amides is 6. The summed E-state index contributed by atoms with van der Waals surface area (Å²) in [6.45, 7) is 12.6. The summed E-state index contributed by atoms with van der Waals surface area (Å²) in [5.41, 5.74) is 3.21. The average Bonchev–Trinajstić information content (AvgIpc) is 4.06. The Labute approximate surface area is 461 Å². The quantitative estimate of drug-likeness (QED) is 0.0760. The van der Waals surface area contributed by atoms with E-state index >= 15 is 0 Å². The predicted molar refractivity (Wildman–Crippen MR) is 303 cm³/mol. The zero-order valence-corrected chi connectivity index (χ0v) is 46.8. The van der Waals surface area contributed by atoms with E-state index in [1.54, 1.807) is 27.9 Å². The Morgan fingerprint density at radius 1 is 0.538 bits per heavy atom. The lowest BCUT2D eigenvalue weighted by atomic mass is 9.90. The van der Waals surface area contributed by atoms with E-state index in [2.05, 4.69) is 59.4 Å². The zero-order valence-electron chi connectivity index (χ0n) is 46.8. The van der Waals surface area contributed by atoms with Crippen LogP contribution in [0.2, 0.25) is 0 Å². The van der Waals surface area contributed by atoms with Crippen molar-refractivity contribution < 1.29 is 38.2 Å². The minimum atomic E-state index is -0.704. The van der Waals surface area contributed by atoms with Gasteiger partial charge in [-0.3, -0.25) is 28.8 Å². The van der Waals surface area contributed by atoms with Crippen LogP contribution in [-0.2, 0) is 41.5 Å². The first kappa shape index (κ1) is 58.0. The molecule has 0 spiro atoms. The van der Waals surface area contributed by atoms with Crippen LogP contribution in [0.3, 0.4) is 0 Å². The second-order valence-electron chi connectivity index (χ2n) is 22.4. The molecule has 8 atom stereocenters. The number of ether oxygens (including phenoxy) is 2. The molecule has 0 bridgehead atoms. The number of hydrogen-bond donors (Lipinski definition) is 4. The van der Waals surface area contributed by atoms with Gasteiger partial charge >= 0.3 is 0 Å².